The second-order valence-electron chi connectivity index (χ2n) is 7.86. The summed E-state index contributed by atoms with van der Waals surface area (Å²) in [5, 5.41) is 2.90. The summed E-state index contributed by atoms with van der Waals surface area (Å²) in [6, 6.07) is 3.76. The van der Waals surface area contributed by atoms with E-state index < -0.39 is 0 Å². The summed E-state index contributed by atoms with van der Waals surface area (Å²) >= 11 is 3.48. The average Bonchev–Trinajstić information content (AvgIpc) is 3.28. The van der Waals surface area contributed by atoms with Crippen molar-refractivity contribution >= 4 is 39.3 Å². The number of carbonyl (C=O) groups is 3. The fourth-order valence-electron chi connectivity index (χ4n) is 5.04. The maximum absolute atomic E-state index is 12.7. The van der Waals surface area contributed by atoms with Crippen LogP contribution in [0.25, 0.3) is 0 Å². The number of rotatable bonds is 4. The first-order valence-corrected chi connectivity index (χ1v) is 10.1. The Bertz CT molecular complexity index is 778. The van der Waals surface area contributed by atoms with Crippen molar-refractivity contribution in [1.29, 1.82) is 0 Å². The molecular formula is C20H23BrN2O3. The van der Waals surface area contributed by atoms with Gasteiger partial charge in [-0.15, -0.1) is 0 Å². The molecule has 1 aliphatic heterocycles. The van der Waals surface area contributed by atoms with Gasteiger partial charge in [0.15, 0.2) is 0 Å². The van der Waals surface area contributed by atoms with Crippen molar-refractivity contribution in [2.24, 2.45) is 23.7 Å². The number of anilines is 1. The molecule has 2 aliphatic carbocycles. The molecule has 6 heteroatoms. The van der Waals surface area contributed by atoms with E-state index in [1.165, 1.54) is 4.90 Å². The highest BCUT2D eigenvalue weighted by Gasteiger charge is 2.60. The van der Waals surface area contributed by atoms with Crippen molar-refractivity contribution in [3.05, 3.63) is 27.7 Å². The molecule has 1 N–H and O–H groups in total. The van der Waals surface area contributed by atoms with Crippen LogP contribution in [0.5, 0.6) is 0 Å². The van der Waals surface area contributed by atoms with Gasteiger partial charge in [0.2, 0.25) is 17.7 Å². The van der Waals surface area contributed by atoms with Crippen molar-refractivity contribution in [2.75, 3.05) is 11.9 Å². The van der Waals surface area contributed by atoms with Crippen molar-refractivity contribution in [3.63, 3.8) is 0 Å². The first kappa shape index (κ1) is 17.7. The molecule has 2 bridgehead atoms. The normalized spacial score (nSPS) is 29.4. The van der Waals surface area contributed by atoms with Gasteiger partial charge in [-0.3, -0.25) is 19.3 Å². The second kappa shape index (κ2) is 6.48. The van der Waals surface area contributed by atoms with Gasteiger partial charge in [-0.05, 0) is 68.2 Å². The Balaban J connectivity index is 1.39. The number of halogens is 1. The van der Waals surface area contributed by atoms with Gasteiger partial charge in [0.1, 0.15) is 0 Å². The van der Waals surface area contributed by atoms with Gasteiger partial charge in [0.05, 0.1) is 11.8 Å². The molecular weight excluding hydrogens is 396 g/mol. The summed E-state index contributed by atoms with van der Waals surface area (Å²) in [4.78, 5) is 39.0. The number of hydrogen-bond donors (Lipinski definition) is 1. The van der Waals surface area contributed by atoms with Crippen molar-refractivity contribution in [1.82, 2.24) is 4.90 Å². The number of amides is 3. The fourth-order valence-corrected chi connectivity index (χ4v) is 5.47. The quantitative estimate of drug-likeness (QED) is 0.761. The van der Waals surface area contributed by atoms with Crippen LogP contribution < -0.4 is 5.32 Å². The number of nitrogens with zero attached hydrogens (tertiary/aromatic N) is 1. The largest absolute Gasteiger partial charge is 0.326 e. The standard InChI is InChI=1S/C20H23BrN2O3/c1-10-11(2)15(6-5-14(10)21)22-16(24)7-8-23-19(25)17-12-3-4-13(9-12)18(17)20(23)26/h5-6,12-13,17-18H,3-4,7-9H2,1-2H3,(H,22,24)/t12-,13-,17+,18+/m1/s1. The summed E-state index contributed by atoms with van der Waals surface area (Å²) in [7, 11) is 0. The number of benzene rings is 1. The lowest BCUT2D eigenvalue weighted by Gasteiger charge is -2.19. The first-order valence-electron chi connectivity index (χ1n) is 9.29. The number of imide groups is 1. The van der Waals surface area contributed by atoms with E-state index in [-0.39, 0.29) is 42.5 Å². The number of likely N-dealkylation sites (tertiary alicyclic amines) is 1. The highest BCUT2D eigenvalue weighted by molar-refractivity contribution is 9.10. The first-order chi connectivity index (χ1) is 12.4. The monoisotopic (exact) mass is 418 g/mol. The number of carbonyl (C=O) groups excluding carboxylic acids is 3. The van der Waals surface area contributed by atoms with Gasteiger partial charge in [0.25, 0.3) is 0 Å². The summed E-state index contributed by atoms with van der Waals surface area (Å²) in [6.45, 7) is 4.13. The van der Waals surface area contributed by atoms with Crippen LogP contribution in [0.1, 0.15) is 36.8 Å². The summed E-state index contributed by atoms with van der Waals surface area (Å²) < 4.78 is 1.00. The van der Waals surface area contributed by atoms with Gasteiger partial charge < -0.3 is 5.32 Å². The van der Waals surface area contributed by atoms with E-state index >= 15 is 0 Å². The van der Waals surface area contributed by atoms with Crippen LogP contribution in [0.4, 0.5) is 5.69 Å². The molecule has 0 unspecified atom stereocenters. The zero-order chi connectivity index (χ0) is 18.6. The van der Waals surface area contributed by atoms with E-state index in [0.29, 0.717) is 11.8 Å². The number of fused-ring (bicyclic) bond motifs is 5. The Morgan fingerprint density at radius 3 is 2.35 bits per heavy atom. The van der Waals surface area contributed by atoms with Crippen LogP contribution in [0, 0.1) is 37.5 Å². The Morgan fingerprint density at radius 1 is 1.12 bits per heavy atom. The van der Waals surface area contributed by atoms with Crippen LogP contribution in [-0.4, -0.2) is 29.2 Å². The Labute approximate surface area is 161 Å². The molecule has 0 spiro atoms. The molecule has 4 rings (SSSR count). The van der Waals surface area contributed by atoms with Crippen LogP contribution in [0.3, 0.4) is 0 Å². The second-order valence-corrected chi connectivity index (χ2v) is 8.71. The minimum absolute atomic E-state index is 0.0457. The Kier molecular flexibility index (Phi) is 4.41. The summed E-state index contributed by atoms with van der Waals surface area (Å²) in [5.41, 5.74) is 2.85. The third-order valence-corrected chi connectivity index (χ3v) is 7.44. The lowest BCUT2D eigenvalue weighted by Crippen LogP contribution is -2.35. The lowest BCUT2D eigenvalue weighted by molar-refractivity contribution is -0.140. The molecule has 2 saturated carbocycles. The van der Waals surface area contributed by atoms with Crippen LogP contribution in [0.2, 0.25) is 0 Å². The minimum atomic E-state index is -0.171. The van der Waals surface area contributed by atoms with Gasteiger partial charge in [-0.25, -0.2) is 0 Å². The van der Waals surface area contributed by atoms with E-state index in [1.807, 2.05) is 26.0 Å². The molecule has 4 atom stereocenters. The van der Waals surface area contributed by atoms with Crippen LogP contribution in [0.15, 0.2) is 16.6 Å². The van der Waals surface area contributed by atoms with Gasteiger partial charge in [-0.1, -0.05) is 15.9 Å². The number of nitrogens with one attached hydrogen (secondary N) is 1. The summed E-state index contributed by atoms with van der Waals surface area (Å²) in [5.74, 6) is 0.283. The minimum Gasteiger partial charge on any atom is -0.326 e. The van der Waals surface area contributed by atoms with Crippen LogP contribution in [-0.2, 0) is 14.4 Å². The van der Waals surface area contributed by atoms with Crippen molar-refractivity contribution < 1.29 is 14.4 Å². The molecule has 0 radical (unpaired) electrons. The van der Waals surface area contributed by atoms with Gasteiger partial charge in [0, 0.05) is 23.1 Å². The molecule has 3 aliphatic rings. The molecule has 138 valence electrons. The molecule has 1 heterocycles. The zero-order valence-corrected chi connectivity index (χ0v) is 16.6. The summed E-state index contributed by atoms with van der Waals surface area (Å²) in [6.07, 6.45) is 3.31. The van der Waals surface area contributed by atoms with E-state index in [9.17, 15) is 14.4 Å². The maximum atomic E-state index is 12.7. The third kappa shape index (κ3) is 2.70. The molecule has 0 aromatic heterocycles. The molecule has 26 heavy (non-hydrogen) atoms. The lowest BCUT2D eigenvalue weighted by atomic mass is 9.81. The smallest absolute Gasteiger partial charge is 0.233 e. The molecule has 5 nitrogen and oxygen atoms in total. The fraction of sp³-hybridized carbons (Fsp3) is 0.550. The SMILES string of the molecule is Cc1c(Br)ccc(NC(=O)CCN2C(=O)[C@H]3[C@@H]4CC[C@H](C4)[C@@H]3C2=O)c1C. The Morgan fingerprint density at radius 2 is 1.73 bits per heavy atom. The van der Waals surface area contributed by atoms with Crippen molar-refractivity contribution in [2.45, 2.75) is 39.5 Å². The zero-order valence-electron chi connectivity index (χ0n) is 15.0. The van der Waals surface area contributed by atoms with Crippen LogP contribution >= 0.6 is 15.9 Å². The highest BCUT2D eigenvalue weighted by atomic mass is 79.9. The Hall–Kier alpha value is -1.69. The molecule has 3 fully saturated rings. The predicted octanol–water partition coefficient (Wildman–Crippen LogP) is 3.43. The highest BCUT2D eigenvalue weighted by Crippen LogP contribution is 2.56. The molecule has 3 amide bonds. The molecule has 1 aromatic rings. The molecule has 1 saturated heterocycles. The van der Waals surface area contributed by atoms with Crippen molar-refractivity contribution in [3.8, 4) is 0 Å². The maximum Gasteiger partial charge on any atom is 0.233 e. The van der Waals surface area contributed by atoms with Gasteiger partial charge >= 0.3 is 0 Å². The van der Waals surface area contributed by atoms with E-state index in [2.05, 4.69) is 21.2 Å². The van der Waals surface area contributed by atoms with E-state index in [4.69, 9.17) is 0 Å². The van der Waals surface area contributed by atoms with E-state index in [1.54, 1.807) is 0 Å². The van der Waals surface area contributed by atoms with E-state index in [0.717, 1.165) is 40.5 Å². The number of hydrogen-bond acceptors (Lipinski definition) is 3. The predicted molar refractivity (Wildman–Crippen MR) is 101 cm³/mol. The average molecular weight is 419 g/mol. The third-order valence-electron chi connectivity index (χ3n) is 6.58. The molecule has 1 aromatic carbocycles. The van der Waals surface area contributed by atoms with Gasteiger partial charge in [-0.2, -0.15) is 0 Å². The topological polar surface area (TPSA) is 66.5 Å².